The van der Waals surface area contributed by atoms with Crippen molar-refractivity contribution < 1.29 is 14.3 Å². The van der Waals surface area contributed by atoms with Crippen LogP contribution in [0.5, 0.6) is 0 Å². The molecule has 0 spiro atoms. The van der Waals surface area contributed by atoms with Gasteiger partial charge in [0.15, 0.2) is 0 Å². The van der Waals surface area contributed by atoms with E-state index < -0.39 is 5.60 Å². The van der Waals surface area contributed by atoms with Gasteiger partial charge in [0.05, 0.1) is 5.56 Å². The van der Waals surface area contributed by atoms with E-state index in [-0.39, 0.29) is 12.0 Å². The van der Waals surface area contributed by atoms with Crippen LogP contribution in [-0.2, 0) is 37.0 Å². The van der Waals surface area contributed by atoms with Crippen LogP contribution in [0.2, 0.25) is 0 Å². The van der Waals surface area contributed by atoms with Crippen molar-refractivity contribution >= 4 is 39.7 Å². The summed E-state index contributed by atoms with van der Waals surface area (Å²) in [5.41, 5.74) is 3.58. The van der Waals surface area contributed by atoms with Crippen LogP contribution in [0.4, 0.5) is 9.80 Å². The third-order valence-electron chi connectivity index (χ3n) is 6.28. The van der Waals surface area contributed by atoms with Crippen molar-refractivity contribution in [1.29, 1.82) is 0 Å². The SMILES string of the molecule is CC(C)(C)OC(=O)c1c(NC(=O)NCc2c(-n3cccc3)sc3c2CCCC3)sc2c1CCC2. The summed E-state index contributed by atoms with van der Waals surface area (Å²) < 4.78 is 7.80. The number of carbonyl (C=O) groups is 2. The van der Waals surface area contributed by atoms with Crippen molar-refractivity contribution in [2.75, 3.05) is 5.32 Å². The van der Waals surface area contributed by atoms with Gasteiger partial charge in [0.2, 0.25) is 0 Å². The van der Waals surface area contributed by atoms with Gasteiger partial charge >= 0.3 is 12.0 Å². The lowest BCUT2D eigenvalue weighted by Crippen LogP contribution is -2.30. The highest BCUT2D eigenvalue weighted by Gasteiger charge is 2.31. The van der Waals surface area contributed by atoms with Gasteiger partial charge in [-0.25, -0.2) is 9.59 Å². The van der Waals surface area contributed by atoms with E-state index in [2.05, 4.69) is 27.6 Å². The molecule has 0 bridgehead atoms. The maximum Gasteiger partial charge on any atom is 0.341 e. The Morgan fingerprint density at radius 1 is 0.971 bits per heavy atom. The topological polar surface area (TPSA) is 72.4 Å². The van der Waals surface area contributed by atoms with Crippen LogP contribution < -0.4 is 10.6 Å². The van der Waals surface area contributed by atoms with Crippen LogP contribution >= 0.6 is 22.7 Å². The van der Waals surface area contributed by atoms with E-state index in [0.717, 1.165) is 37.7 Å². The third-order valence-corrected chi connectivity index (χ3v) is 8.83. The Balaban J connectivity index is 1.35. The van der Waals surface area contributed by atoms with Gasteiger partial charge in [-0.05, 0) is 89.0 Å². The summed E-state index contributed by atoms with van der Waals surface area (Å²) in [4.78, 5) is 28.6. The first-order chi connectivity index (χ1) is 16.3. The van der Waals surface area contributed by atoms with E-state index in [0.29, 0.717) is 17.1 Å². The fraction of sp³-hybridized carbons (Fsp3) is 0.462. The highest BCUT2D eigenvalue weighted by atomic mass is 32.1. The summed E-state index contributed by atoms with van der Waals surface area (Å²) in [6.07, 6.45) is 11.5. The summed E-state index contributed by atoms with van der Waals surface area (Å²) in [6, 6.07) is 3.76. The Morgan fingerprint density at radius 3 is 2.41 bits per heavy atom. The summed E-state index contributed by atoms with van der Waals surface area (Å²) in [7, 11) is 0. The normalized spacial score (nSPS) is 15.0. The van der Waals surface area contributed by atoms with E-state index in [1.807, 2.05) is 44.2 Å². The number of thiophene rings is 2. The Labute approximate surface area is 208 Å². The molecule has 0 saturated heterocycles. The van der Waals surface area contributed by atoms with E-state index >= 15 is 0 Å². The second kappa shape index (κ2) is 9.23. The van der Waals surface area contributed by atoms with Gasteiger partial charge in [0.25, 0.3) is 0 Å². The Bertz CT molecular complexity index is 1220. The van der Waals surface area contributed by atoms with Crippen molar-refractivity contribution in [1.82, 2.24) is 9.88 Å². The Kier molecular flexibility index (Phi) is 6.29. The minimum absolute atomic E-state index is 0.293. The summed E-state index contributed by atoms with van der Waals surface area (Å²) >= 11 is 3.34. The standard InChI is InChI=1S/C26H31N3O3S2/c1-26(2,3)32-24(30)21-17-10-8-12-20(17)33-22(21)28-25(31)27-15-18-16-9-4-5-11-19(16)34-23(18)29-13-6-7-14-29/h6-7,13-14H,4-5,8-12,15H2,1-3H3,(H2,27,28,31). The smallest absolute Gasteiger partial charge is 0.341 e. The van der Waals surface area contributed by atoms with Crippen LogP contribution in [0.25, 0.3) is 5.00 Å². The largest absolute Gasteiger partial charge is 0.456 e. The molecule has 5 rings (SSSR count). The molecule has 0 radical (unpaired) electrons. The van der Waals surface area contributed by atoms with Crippen molar-refractivity contribution in [2.45, 2.75) is 77.9 Å². The Morgan fingerprint density at radius 2 is 1.65 bits per heavy atom. The minimum Gasteiger partial charge on any atom is -0.456 e. The van der Waals surface area contributed by atoms with Gasteiger partial charge in [-0.1, -0.05) is 0 Å². The molecule has 0 aliphatic heterocycles. The molecule has 0 aromatic carbocycles. The molecule has 2 N–H and O–H groups in total. The molecule has 2 amide bonds. The highest BCUT2D eigenvalue weighted by molar-refractivity contribution is 7.17. The van der Waals surface area contributed by atoms with Gasteiger partial charge in [-0.2, -0.15) is 0 Å². The number of amides is 2. The number of fused-ring (bicyclic) bond motifs is 2. The van der Waals surface area contributed by atoms with Gasteiger partial charge in [-0.3, -0.25) is 5.32 Å². The third kappa shape index (κ3) is 4.66. The Hall–Kier alpha value is -2.58. The second-order valence-electron chi connectivity index (χ2n) is 9.96. The number of aryl methyl sites for hydroxylation is 2. The average molecular weight is 498 g/mol. The number of carbonyl (C=O) groups excluding carboxylic acids is 2. The molecule has 0 fully saturated rings. The van der Waals surface area contributed by atoms with Crippen LogP contribution in [0, 0.1) is 0 Å². The fourth-order valence-electron chi connectivity index (χ4n) is 4.83. The number of rotatable bonds is 5. The molecule has 180 valence electrons. The van der Waals surface area contributed by atoms with Crippen molar-refractivity contribution in [3.05, 3.63) is 56.5 Å². The van der Waals surface area contributed by atoms with E-state index in [1.165, 1.54) is 50.1 Å². The molecule has 0 saturated carbocycles. The molecule has 6 nitrogen and oxygen atoms in total. The van der Waals surface area contributed by atoms with E-state index in [1.54, 1.807) is 0 Å². The number of anilines is 1. The lowest BCUT2D eigenvalue weighted by molar-refractivity contribution is 0.00702. The van der Waals surface area contributed by atoms with Gasteiger partial charge in [-0.15, -0.1) is 22.7 Å². The zero-order chi connectivity index (χ0) is 23.9. The van der Waals surface area contributed by atoms with Crippen molar-refractivity contribution in [3.63, 3.8) is 0 Å². The monoisotopic (exact) mass is 497 g/mol. The number of nitrogens with one attached hydrogen (secondary N) is 2. The molecule has 2 aliphatic rings. The molecule has 0 unspecified atom stereocenters. The van der Waals surface area contributed by atoms with Gasteiger partial charge in [0.1, 0.15) is 15.6 Å². The average Bonchev–Trinajstić information content (AvgIpc) is 3.53. The molecule has 2 aliphatic carbocycles. The van der Waals surface area contributed by atoms with Gasteiger partial charge in [0, 0.05) is 34.3 Å². The summed E-state index contributed by atoms with van der Waals surface area (Å²) in [5.74, 6) is -0.357. The first-order valence-electron chi connectivity index (χ1n) is 12.0. The molecular weight excluding hydrogens is 466 g/mol. The maximum absolute atomic E-state index is 13.0. The first kappa shape index (κ1) is 23.2. The van der Waals surface area contributed by atoms with E-state index in [4.69, 9.17) is 4.74 Å². The summed E-state index contributed by atoms with van der Waals surface area (Å²) in [5, 5.41) is 7.80. The number of nitrogens with zero attached hydrogens (tertiary/aromatic N) is 1. The van der Waals surface area contributed by atoms with Gasteiger partial charge < -0.3 is 14.6 Å². The zero-order valence-corrected chi connectivity index (χ0v) is 21.6. The fourth-order valence-corrected chi connectivity index (χ4v) is 7.48. The maximum atomic E-state index is 13.0. The minimum atomic E-state index is -0.586. The van der Waals surface area contributed by atoms with Crippen molar-refractivity contribution in [3.8, 4) is 5.00 Å². The number of ether oxygens (including phenoxy) is 1. The molecule has 3 aromatic rings. The number of hydrogen-bond donors (Lipinski definition) is 2. The number of aromatic nitrogens is 1. The summed E-state index contributed by atoms with van der Waals surface area (Å²) in [6.45, 7) is 6.04. The zero-order valence-electron chi connectivity index (χ0n) is 20.0. The van der Waals surface area contributed by atoms with Crippen LogP contribution in [0.3, 0.4) is 0 Å². The van der Waals surface area contributed by atoms with E-state index in [9.17, 15) is 9.59 Å². The van der Waals surface area contributed by atoms with Crippen LogP contribution in [0.1, 0.15) is 76.8 Å². The molecule has 3 heterocycles. The quantitative estimate of drug-likeness (QED) is 0.410. The molecule has 3 aromatic heterocycles. The number of hydrogen-bond acceptors (Lipinski definition) is 5. The number of esters is 1. The van der Waals surface area contributed by atoms with Crippen LogP contribution in [0.15, 0.2) is 24.5 Å². The molecule has 0 atom stereocenters. The number of urea groups is 1. The highest BCUT2D eigenvalue weighted by Crippen LogP contribution is 2.40. The molecule has 34 heavy (non-hydrogen) atoms. The second-order valence-corrected chi connectivity index (χ2v) is 12.1. The predicted molar refractivity (Wildman–Crippen MR) is 138 cm³/mol. The first-order valence-corrected chi connectivity index (χ1v) is 13.6. The van der Waals surface area contributed by atoms with Crippen LogP contribution in [-0.4, -0.2) is 22.2 Å². The lowest BCUT2D eigenvalue weighted by atomic mass is 9.95. The molecule has 8 heteroatoms. The lowest BCUT2D eigenvalue weighted by Gasteiger charge is -2.20. The predicted octanol–water partition coefficient (Wildman–Crippen LogP) is 6.24. The molecular formula is C26H31N3O3S2. The van der Waals surface area contributed by atoms with Crippen molar-refractivity contribution in [2.24, 2.45) is 0 Å².